The number of halogens is 1. The number of nitrogens with one attached hydrogen (secondary N) is 1. The third-order valence-electron chi connectivity index (χ3n) is 6.04. The van der Waals surface area contributed by atoms with E-state index in [1.54, 1.807) is 37.3 Å². The molecule has 0 aromatic heterocycles. The monoisotopic (exact) mass is 525 g/mol. The van der Waals surface area contributed by atoms with Gasteiger partial charge in [0.05, 0.1) is 10.6 Å². The van der Waals surface area contributed by atoms with Crippen molar-refractivity contribution in [3.8, 4) is 0 Å². The molecule has 3 aromatic carbocycles. The van der Waals surface area contributed by atoms with E-state index in [1.165, 1.54) is 4.90 Å². The number of carbonyl (C=O) groups is 2. The summed E-state index contributed by atoms with van der Waals surface area (Å²) in [6, 6.07) is 19.3. The molecule has 0 aliphatic heterocycles. The van der Waals surface area contributed by atoms with Gasteiger partial charge >= 0.3 is 0 Å². The molecule has 196 valence electrons. The van der Waals surface area contributed by atoms with Crippen LogP contribution in [-0.2, 0) is 26.2 Å². The largest absolute Gasteiger partial charge is 0.354 e. The van der Waals surface area contributed by atoms with Crippen LogP contribution in [0, 0.1) is 12.7 Å². The standard InChI is InChI=1S/C28H32FN3O4S/c1-4-18-30-28(34)22(3)31(19-23-11-9-8-10-21(23)2)27(33)20-32(25-12-6-5-7-13-25)37(35,36)26-16-14-24(29)15-17-26/h5-17,22H,4,18-20H2,1-3H3,(H,30,34)/t22-/m0/s1. The van der Waals surface area contributed by atoms with Crippen molar-refractivity contribution in [2.45, 2.75) is 44.7 Å². The second-order valence-electron chi connectivity index (χ2n) is 8.72. The normalized spacial score (nSPS) is 12.0. The highest BCUT2D eigenvalue weighted by molar-refractivity contribution is 7.92. The minimum Gasteiger partial charge on any atom is -0.354 e. The average Bonchev–Trinajstić information content (AvgIpc) is 2.90. The molecule has 3 aromatic rings. The molecule has 0 aliphatic carbocycles. The van der Waals surface area contributed by atoms with Crippen molar-refractivity contribution in [2.75, 3.05) is 17.4 Å². The molecule has 9 heteroatoms. The number of amides is 2. The number of hydrogen-bond acceptors (Lipinski definition) is 4. The van der Waals surface area contributed by atoms with E-state index in [-0.39, 0.29) is 23.0 Å². The summed E-state index contributed by atoms with van der Waals surface area (Å²) in [5, 5.41) is 2.81. The Morgan fingerprint density at radius 1 is 0.946 bits per heavy atom. The van der Waals surface area contributed by atoms with Gasteiger partial charge in [-0.05, 0) is 67.8 Å². The number of benzene rings is 3. The number of rotatable bonds is 11. The Hall–Kier alpha value is -3.72. The van der Waals surface area contributed by atoms with Crippen LogP contribution in [0.2, 0.25) is 0 Å². The fourth-order valence-electron chi connectivity index (χ4n) is 3.81. The van der Waals surface area contributed by atoms with Crippen molar-refractivity contribution in [3.63, 3.8) is 0 Å². The van der Waals surface area contributed by atoms with Crippen LogP contribution < -0.4 is 9.62 Å². The Balaban J connectivity index is 2.00. The minimum atomic E-state index is -4.22. The van der Waals surface area contributed by atoms with Crippen LogP contribution in [0.5, 0.6) is 0 Å². The molecule has 7 nitrogen and oxygen atoms in total. The van der Waals surface area contributed by atoms with E-state index in [2.05, 4.69) is 5.32 Å². The molecule has 0 radical (unpaired) electrons. The number of aryl methyl sites for hydroxylation is 1. The first-order valence-electron chi connectivity index (χ1n) is 12.1. The van der Waals surface area contributed by atoms with E-state index in [9.17, 15) is 22.4 Å². The molecule has 0 spiro atoms. The SMILES string of the molecule is CCCNC(=O)[C@H](C)N(Cc1ccccc1C)C(=O)CN(c1ccccc1)S(=O)(=O)c1ccc(F)cc1. The first-order chi connectivity index (χ1) is 17.6. The lowest BCUT2D eigenvalue weighted by atomic mass is 10.1. The Labute approximate surface area is 218 Å². The van der Waals surface area contributed by atoms with Gasteiger partial charge < -0.3 is 10.2 Å². The smallest absolute Gasteiger partial charge is 0.264 e. The van der Waals surface area contributed by atoms with Crippen LogP contribution in [0.25, 0.3) is 0 Å². The van der Waals surface area contributed by atoms with Crippen LogP contribution in [0.1, 0.15) is 31.4 Å². The zero-order valence-corrected chi connectivity index (χ0v) is 22.0. The highest BCUT2D eigenvalue weighted by atomic mass is 32.2. The Kier molecular flexibility index (Phi) is 9.41. The van der Waals surface area contributed by atoms with Crippen molar-refractivity contribution in [3.05, 3.63) is 95.8 Å². The molecule has 0 saturated heterocycles. The number of carbonyl (C=O) groups excluding carboxylic acids is 2. The maximum absolute atomic E-state index is 13.8. The van der Waals surface area contributed by atoms with Gasteiger partial charge in [-0.1, -0.05) is 49.4 Å². The highest BCUT2D eigenvalue weighted by Crippen LogP contribution is 2.25. The van der Waals surface area contributed by atoms with Gasteiger partial charge in [0.15, 0.2) is 0 Å². The number of sulfonamides is 1. The fourth-order valence-corrected chi connectivity index (χ4v) is 5.22. The summed E-state index contributed by atoms with van der Waals surface area (Å²) in [5.41, 5.74) is 2.07. The van der Waals surface area contributed by atoms with Gasteiger partial charge in [-0.25, -0.2) is 12.8 Å². The summed E-state index contributed by atoms with van der Waals surface area (Å²) in [4.78, 5) is 27.9. The van der Waals surface area contributed by atoms with E-state index in [0.717, 1.165) is 46.1 Å². The Bertz CT molecular complexity index is 1310. The lowest BCUT2D eigenvalue weighted by molar-refractivity contribution is -0.139. The number of para-hydroxylation sites is 1. The van der Waals surface area contributed by atoms with Crippen molar-refractivity contribution >= 4 is 27.5 Å². The second-order valence-corrected chi connectivity index (χ2v) is 10.6. The first-order valence-corrected chi connectivity index (χ1v) is 13.5. The van der Waals surface area contributed by atoms with E-state index in [0.29, 0.717) is 6.54 Å². The molecule has 37 heavy (non-hydrogen) atoms. The predicted molar refractivity (Wildman–Crippen MR) is 142 cm³/mol. The van der Waals surface area contributed by atoms with Crippen LogP contribution in [0.4, 0.5) is 10.1 Å². The van der Waals surface area contributed by atoms with Crippen LogP contribution in [0.15, 0.2) is 83.8 Å². The molecular formula is C28H32FN3O4S. The minimum absolute atomic E-state index is 0.130. The highest BCUT2D eigenvalue weighted by Gasteiger charge is 2.32. The van der Waals surface area contributed by atoms with Gasteiger partial charge in [0.1, 0.15) is 18.4 Å². The van der Waals surface area contributed by atoms with Gasteiger partial charge in [-0.2, -0.15) is 0 Å². The summed E-state index contributed by atoms with van der Waals surface area (Å²) >= 11 is 0. The van der Waals surface area contributed by atoms with Crippen LogP contribution in [0.3, 0.4) is 0 Å². The molecule has 2 amide bonds. The molecule has 0 unspecified atom stereocenters. The zero-order chi connectivity index (χ0) is 27.0. The molecule has 0 saturated carbocycles. The lowest BCUT2D eigenvalue weighted by Crippen LogP contribution is -2.51. The van der Waals surface area contributed by atoms with Crippen LogP contribution in [-0.4, -0.2) is 44.3 Å². The molecule has 3 rings (SSSR count). The van der Waals surface area contributed by atoms with E-state index in [4.69, 9.17) is 0 Å². The van der Waals surface area contributed by atoms with Crippen molar-refractivity contribution in [1.29, 1.82) is 0 Å². The second kappa shape index (κ2) is 12.5. The fraction of sp³-hybridized carbons (Fsp3) is 0.286. The molecule has 0 fully saturated rings. The maximum Gasteiger partial charge on any atom is 0.264 e. The molecule has 1 N–H and O–H groups in total. The summed E-state index contributed by atoms with van der Waals surface area (Å²) in [5.74, 6) is -1.44. The van der Waals surface area contributed by atoms with Crippen molar-refractivity contribution in [2.24, 2.45) is 0 Å². The molecule has 0 bridgehead atoms. The third-order valence-corrected chi connectivity index (χ3v) is 7.83. The Morgan fingerprint density at radius 3 is 2.19 bits per heavy atom. The van der Waals surface area contributed by atoms with Gasteiger partial charge in [0.25, 0.3) is 10.0 Å². The van der Waals surface area contributed by atoms with E-state index >= 15 is 0 Å². The van der Waals surface area contributed by atoms with Crippen molar-refractivity contribution < 1.29 is 22.4 Å². The van der Waals surface area contributed by atoms with Gasteiger partial charge in [-0.3, -0.25) is 13.9 Å². The summed E-state index contributed by atoms with van der Waals surface area (Å²) in [7, 11) is -4.22. The summed E-state index contributed by atoms with van der Waals surface area (Å²) in [6.07, 6.45) is 0.738. The van der Waals surface area contributed by atoms with E-state index in [1.807, 2.05) is 38.1 Å². The quantitative estimate of drug-likeness (QED) is 0.405. The average molecular weight is 526 g/mol. The lowest BCUT2D eigenvalue weighted by Gasteiger charge is -2.32. The Morgan fingerprint density at radius 2 is 1.57 bits per heavy atom. The molecular weight excluding hydrogens is 493 g/mol. The van der Waals surface area contributed by atoms with Crippen LogP contribution >= 0.6 is 0 Å². The topological polar surface area (TPSA) is 86.8 Å². The summed E-state index contributed by atoms with van der Waals surface area (Å²) in [6.45, 7) is 5.52. The summed E-state index contributed by atoms with van der Waals surface area (Å²) < 4.78 is 41.7. The first kappa shape index (κ1) is 27.9. The number of hydrogen-bond donors (Lipinski definition) is 1. The van der Waals surface area contributed by atoms with Crippen molar-refractivity contribution in [1.82, 2.24) is 10.2 Å². The number of nitrogens with zero attached hydrogens (tertiary/aromatic N) is 2. The van der Waals surface area contributed by atoms with E-state index < -0.39 is 34.3 Å². The van der Waals surface area contributed by atoms with Gasteiger partial charge in [0.2, 0.25) is 11.8 Å². The zero-order valence-electron chi connectivity index (χ0n) is 21.2. The molecule has 0 aliphatic rings. The third kappa shape index (κ3) is 6.95. The predicted octanol–water partition coefficient (Wildman–Crippen LogP) is 4.27. The van der Waals surface area contributed by atoms with Gasteiger partial charge in [0, 0.05) is 13.1 Å². The number of anilines is 1. The van der Waals surface area contributed by atoms with Gasteiger partial charge in [-0.15, -0.1) is 0 Å². The molecule has 0 heterocycles. The maximum atomic E-state index is 13.8. The molecule has 1 atom stereocenters.